The molecule has 0 aromatic heterocycles. The number of rotatable bonds is 1. The third kappa shape index (κ3) is 4.45. The van der Waals surface area contributed by atoms with Gasteiger partial charge < -0.3 is 5.32 Å². The molecule has 0 bridgehead atoms. The summed E-state index contributed by atoms with van der Waals surface area (Å²) in [5.74, 6) is -9.79. The first-order valence-electron chi connectivity index (χ1n) is 4.12. The van der Waals surface area contributed by atoms with Crippen molar-refractivity contribution in [2.75, 3.05) is 18.6 Å². The van der Waals surface area contributed by atoms with Gasteiger partial charge in [-0.25, -0.2) is 22.0 Å². The molecule has 0 unspecified atom stereocenters. The highest BCUT2D eigenvalue weighted by Crippen LogP contribution is 2.26. The summed E-state index contributed by atoms with van der Waals surface area (Å²) in [5, 5.41) is 1.88. The molecule has 0 saturated carbocycles. The van der Waals surface area contributed by atoms with Crippen molar-refractivity contribution in [3.63, 3.8) is 0 Å². The van der Waals surface area contributed by atoms with Gasteiger partial charge in [0.05, 0.1) is 6.26 Å². The Hall–Kier alpha value is -1.42. The lowest BCUT2D eigenvalue weighted by atomic mass is 10.2. The maximum absolute atomic E-state index is 12.6. The van der Waals surface area contributed by atoms with E-state index in [9.17, 15) is 30.4 Å². The summed E-state index contributed by atoms with van der Waals surface area (Å²) in [7, 11) is -2.61. The molecule has 0 atom stereocenters. The zero-order valence-electron chi connectivity index (χ0n) is 9.06. The van der Waals surface area contributed by atoms with Gasteiger partial charge in [0.25, 0.3) is 10.1 Å². The second-order valence-electron chi connectivity index (χ2n) is 2.93. The van der Waals surface area contributed by atoms with E-state index in [1.807, 2.05) is 5.32 Å². The van der Waals surface area contributed by atoms with Crippen molar-refractivity contribution in [1.29, 1.82) is 0 Å². The van der Waals surface area contributed by atoms with E-state index in [-0.39, 0.29) is 0 Å². The Kier molecular flexibility index (Phi) is 5.49. The molecule has 4 nitrogen and oxygen atoms in total. The van der Waals surface area contributed by atoms with Crippen LogP contribution in [0.15, 0.2) is 0 Å². The largest absolute Gasteiger partial charge is 0.383 e. The van der Waals surface area contributed by atoms with Crippen molar-refractivity contribution in [3.8, 4) is 0 Å². The molecule has 1 aromatic rings. The minimum absolute atomic E-state index is 0.715. The highest BCUT2D eigenvalue weighted by molar-refractivity contribution is 7.85. The zero-order chi connectivity index (χ0) is 14.7. The number of benzene rings is 1. The van der Waals surface area contributed by atoms with Gasteiger partial charge in [0.1, 0.15) is 5.69 Å². The fraction of sp³-hybridized carbons (Fsp3) is 0.250. The molecule has 0 heterocycles. The van der Waals surface area contributed by atoms with E-state index >= 15 is 0 Å². The van der Waals surface area contributed by atoms with Gasteiger partial charge >= 0.3 is 0 Å². The molecule has 104 valence electrons. The Morgan fingerprint density at radius 2 is 1.11 bits per heavy atom. The van der Waals surface area contributed by atoms with E-state index in [1.54, 1.807) is 0 Å². The van der Waals surface area contributed by atoms with Gasteiger partial charge in [-0.15, -0.1) is 0 Å². The van der Waals surface area contributed by atoms with E-state index in [2.05, 4.69) is 0 Å². The van der Waals surface area contributed by atoms with Gasteiger partial charge in [0.15, 0.2) is 23.3 Å². The van der Waals surface area contributed by atoms with Crippen LogP contribution in [0.25, 0.3) is 0 Å². The molecule has 2 N–H and O–H groups in total. The van der Waals surface area contributed by atoms with E-state index in [0.717, 1.165) is 7.05 Å². The van der Waals surface area contributed by atoms with Crippen LogP contribution in [-0.4, -0.2) is 26.3 Å². The second kappa shape index (κ2) is 5.96. The Morgan fingerprint density at radius 1 is 0.889 bits per heavy atom. The Bertz CT molecular complexity index is 509. The van der Waals surface area contributed by atoms with Crippen LogP contribution < -0.4 is 5.32 Å². The minimum atomic E-state index is -3.67. The summed E-state index contributed by atoms with van der Waals surface area (Å²) in [6.07, 6.45) is 0.715. The number of anilines is 1. The molecule has 0 aliphatic carbocycles. The molecule has 0 radical (unpaired) electrons. The second-order valence-corrected chi connectivity index (χ2v) is 4.39. The van der Waals surface area contributed by atoms with Gasteiger partial charge in [-0.1, -0.05) is 0 Å². The third-order valence-corrected chi connectivity index (χ3v) is 1.46. The molecule has 0 amide bonds. The van der Waals surface area contributed by atoms with Crippen LogP contribution in [0.2, 0.25) is 0 Å². The normalized spacial score (nSPS) is 10.7. The summed E-state index contributed by atoms with van der Waals surface area (Å²) in [4.78, 5) is 0. The average Bonchev–Trinajstić information content (AvgIpc) is 2.22. The van der Waals surface area contributed by atoms with Crippen LogP contribution in [0.1, 0.15) is 0 Å². The number of nitrogens with one attached hydrogen (secondary N) is 1. The standard InChI is InChI=1S/C7H4F5N.CH4O3S/c1-13-7-5(11)3(9)2(8)4(10)6(7)12;1-5(2,3)4/h13H,1H3;1H3,(H,2,3,4). The lowest BCUT2D eigenvalue weighted by Gasteiger charge is -2.06. The monoisotopic (exact) mass is 293 g/mol. The molecule has 1 aromatic carbocycles. The van der Waals surface area contributed by atoms with Crippen LogP contribution in [0.5, 0.6) is 0 Å². The third-order valence-electron chi connectivity index (χ3n) is 1.46. The first-order valence-corrected chi connectivity index (χ1v) is 5.97. The van der Waals surface area contributed by atoms with Gasteiger partial charge in [0, 0.05) is 7.05 Å². The molecule has 18 heavy (non-hydrogen) atoms. The van der Waals surface area contributed by atoms with Crippen molar-refractivity contribution in [2.24, 2.45) is 0 Å². The summed E-state index contributed by atoms with van der Waals surface area (Å²) in [6, 6.07) is 0. The maximum atomic E-state index is 12.6. The van der Waals surface area contributed by atoms with Gasteiger partial charge in [-0.3, -0.25) is 4.55 Å². The van der Waals surface area contributed by atoms with Gasteiger partial charge in [-0.2, -0.15) is 8.42 Å². The predicted molar refractivity (Wildman–Crippen MR) is 53.3 cm³/mol. The number of halogens is 5. The predicted octanol–water partition coefficient (Wildman–Crippen LogP) is 1.93. The molecular weight excluding hydrogens is 285 g/mol. The van der Waals surface area contributed by atoms with E-state index in [4.69, 9.17) is 4.55 Å². The fourth-order valence-corrected chi connectivity index (χ4v) is 0.824. The van der Waals surface area contributed by atoms with Crippen LogP contribution >= 0.6 is 0 Å². The lowest BCUT2D eigenvalue weighted by Crippen LogP contribution is -2.06. The van der Waals surface area contributed by atoms with Crippen molar-refractivity contribution < 1.29 is 34.9 Å². The quantitative estimate of drug-likeness (QED) is 0.359. The molecular formula is C8H8F5NO3S. The van der Waals surface area contributed by atoms with Gasteiger partial charge in [-0.05, 0) is 0 Å². The van der Waals surface area contributed by atoms with E-state index < -0.39 is 44.9 Å². The first kappa shape index (κ1) is 16.6. The van der Waals surface area contributed by atoms with E-state index in [0.29, 0.717) is 6.26 Å². The van der Waals surface area contributed by atoms with Crippen LogP contribution in [0, 0.1) is 29.1 Å². The van der Waals surface area contributed by atoms with Gasteiger partial charge in [0.2, 0.25) is 5.82 Å². The Labute approximate surface area is 99.2 Å². The van der Waals surface area contributed by atoms with Crippen LogP contribution in [-0.2, 0) is 10.1 Å². The topological polar surface area (TPSA) is 66.4 Å². The molecule has 1 rings (SSSR count). The first-order chi connectivity index (χ1) is 8.00. The Balaban J connectivity index is 0.000000494. The van der Waals surface area contributed by atoms with Crippen LogP contribution in [0.3, 0.4) is 0 Å². The summed E-state index contributed by atoms with van der Waals surface area (Å²) >= 11 is 0. The van der Waals surface area contributed by atoms with Crippen molar-refractivity contribution >= 4 is 15.8 Å². The molecule has 0 aliphatic rings. The lowest BCUT2D eigenvalue weighted by molar-refractivity contribution is 0.381. The molecule has 0 spiro atoms. The van der Waals surface area contributed by atoms with Crippen molar-refractivity contribution in [3.05, 3.63) is 29.1 Å². The summed E-state index contributed by atoms with van der Waals surface area (Å²) in [6.45, 7) is 0. The fourth-order valence-electron chi connectivity index (χ4n) is 0.824. The highest BCUT2D eigenvalue weighted by atomic mass is 32.2. The molecule has 0 aliphatic heterocycles. The number of hydrogen-bond acceptors (Lipinski definition) is 3. The maximum Gasteiger partial charge on any atom is 0.261 e. The van der Waals surface area contributed by atoms with Crippen molar-refractivity contribution in [1.82, 2.24) is 0 Å². The molecule has 0 saturated heterocycles. The highest BCUT2D eigenvalue weighted by Gasteiger charge is 2.24. The van der Waals surface area contributed by atoms with Crippen molar-refractivity contribution in [2.45, 2.75) is 0 Å². The summed E-state index contributed by atoms with van der Waals surface area (Å²) < 4.78 is 88.3. The summed E-state index contributed by atoms with van der Waals surface area (Å²) in [5.41, 5.74) is -1.03. The minimum Gasteiger partial charge on any atom is -0.383 e. The molecule has 10 heteroatoms. The Morgan fingerprint density at radius 3 is 1.33 bits per heavy atom. The van der Waals surface area contributed by atoms with E-state index in [1.165, 1.54) is 0 Å². The van der Waals surface area contributed by atoms with Crippen LogP contribution in [0.4, 0.5) is 27.6 Å². The smallest absolute Gasteiger partial charge is 0.261 e. The molecule has 0 fully saturated rings. The zero-order valence-corrected chi connectivity index (χ0v) is 9.88. The SMILES string of the molecule is CNc1c(F)c(F)c(F)c(F)c1F.CS(=O)(=O)O. The number of hydrogen-bond donors (Lipinski definition) is 2. The average molecular weight is 293 g/mol.